The minimum Gasteiger partial charge on any atom is -0.454 e. The SMILES string of the molecule is O=C(Cc1ccc2c(c1)OCO2)NCCCCNc1cc(-c2ccccc2Cl)nc2c(Br)cnn12. The van der Waals surface area contributed by atoms with E-state index in [1.807, 2.05) is 48.5 Å². The van der Waals surface area contributed by atoms with Crippen LogP contribution in [0.25, 0.3) is 16.9 Å². The number of anilines is 1. The summed E-state index contributed by atoms with van der Waals surface area (Å²) >= 11 is 9.92. The van der Waals surface area contributed by atoms with Crippen LogP contribution >= 0.6 is 27.5 Å². The summed E-state index contributed by atoms with van der Waals surface area (Å²) in [4.78, 5) is 17.0. The molecule has 1 aliphatic heterocycles. The van der Waals surface area contributed by atoms with Gasteiger partial charge in [-0.05, 0) is 52.5 Å². The van der Waals surface area contributed by atoms with Gasteiger partial charge >= 0.3 is 0 Å². The zero-order chi connectivity index (χ0) is 24.2. The Hall–Kier alpha value is -3.30. The number of carbonyl (C=O) groups excluding carboxylic acids is 1. The van der Waals surface area contributed by atoms with E-state index < -0.39 is 0 Å². The molecular formula is C25H23BrClN5O3. The van der Waals surface area contributed by atoms with Gasteiger partial charge in [0.15, 0.2) is 17.1 Å². The highest BCUT2D eigenvalue weighted by Crippen LogP contribution is 2.33. The fraction of sp³-hybridized carbons (Fsp3) is 0.240. The van der Waals surface area contributed by atoms with E-state index in [9.17, 15) is 4.79 Å². The molecule has 8 nitrogen and oxygen atoms in total. The number of hydrogen-bond acceptors (Lipinski definition) is 6. The van der Waals surface area contributed by atoms with Crippen LogP contribution in [0.5, 0.6) is 11.5 Å². The molecule has 0 bridgehead atoms. The maximum atomic E-state index is 12.3. The summed E-state index contributed by atoms with van der Waals surface area (Å²) < 4.78 is 13.2. The van der Waals surface area contributed by atoms with Crippen LogP contribution in [0.3, 0.4) is 0 Å². The van der Waals surface area contributed by atoms with Crippen LogP contribution in [-0.2, 0) is 11.2 Å². The number of nitrogens with one attached hydrogen (secondary N) is 2. The number of hydrogen-bond donors (Lipinski definition) is 2. The van der Waals surface area contributed by atoms with Crippen molar-refractivity contribution in [2.24, 2.45) is 0 Å². The van der Waals surface area contributed by atoms with Crippen molar-refractivity contribution in [1.82, 2.24) is 19.9 Å². The maximum Gasteiger partial charge on any atom is 0.231 e. The second kappa shape index (κ2) is 10.5. The number of unbranched alkanes of at least 4 members (excludes halogenated alkanes) is 1. The number of rotatable bonds is 9. The molecule has 0 unspecified atom stereocenters. The summed E-state index contributed by atoms with van der Waals surface area (Å²) in [6, 6.07) is 15.1. The Labute approximate surface area is 215 Å². The van der Waals surface area contributed by atoms with Gasteiger partial charge in [-0.3, -0.25) is 4.79 Å². The van der Waals surface area contributed by atoms with Crippen LogP contribution in [0.15, 0.2) is 59.2 Å². The molecule has 35 heavy (non-hydrogen) atoms. The Morgan fingerprint density at radius 3 is 2.80 bits per heavy atom. The molecule has 4 aromatic rings. The van der Waals surface area contributed by atoms with Gasteiger partial charge in [-0.25, -0.2) is 4.98 Å². The summed E-state index contributed by atoms with van der Waals surface area (Å²) in [7, 11) is 0. The van der Waals surface area contributed by atoms with E-state index in [2.05, 4.69) is 31.7 Å². The quantitative estimate of drug-likeness (QED) is 0.279. The smallest absolute Gasteiger partial charge is 0.231 e. The maximum absolute atomic E-state index is 12.3. The summed E-state index contributed by atoms with van der Waals surface area (Å²) in [5.74, 6) is 2.21. The van der Waals surface area contributed by atoms with Crippen molar-refractivity contribution in [3.63, 3.8) is 0 Å². The topological polar surface area (TPSA) is 89.8 Å². The van der Waals surface area contributed by atoms with Gasteiger partial charge in [-0.1, -0.05) is 35.9 Å². The van der Waals surface area contributed by atoms with Gasteiger partial charge in [0.2, 0.25) is 12.7 Å². The van der Waals surface area contributed by atoms with Gasteiger partial charge in [0.25, 0.3) is 0 Å². The van der Waals surface area contributed by atoms with E-state index in [0.29, 0.717) is 29.4 Å². The van der Waals surface area contributed by atoms with Crippen molar-refractivity contribution in [3.05, 3.63) is 69.8 Å². The van der Waals surface area contributed by atoms with Crippen molar-refractivity contribution in [2.75, 3.05) is 25.2 Å². The zero-order valence-corrected chi connectivity index (χ0v) is 21.1. The van der Waals surface area contributed by atoms with Gasteiger partial charge in [-0.2, -0.15) is 9.61 Å². The predicted molar refractivity (Wildman–Crippen MR) is 138 cm³/mol. The first-order valence-electron chi connectivity index (χ1n) is 11.3. The summed E-state index contributed by atoms with van der Waals surface area (Å²) in [5, 5.41) is 11.5. The van der Waals surface area contributed by atoms with Crippen LogP contribution in [0.1, 0.15) is 18.4 Å². The first-order chi connectivity index (χ1) is 17.1. The largest absolute Gasteiger partial charge is 0.454 e. The van der Waals surface area contributed by atoms with Crippen molar-refractivity contribution in [2.45, 2.75) is 19.3 Å². The third-order valence-corrected chi connectivity index (χ3v) is 6.50. The fourth-order valence-corrected chi connectivity index (χ4v) is 4.44. The second-order valence-electron chi connectivity index (χ2n) is 8.08. The molecule has 1 aliphatic rings. The van der Waals surface area contributed by atoms with E-state index in [1.165, 1.54) is 0 Å². The lowest BCUT2D eigenvalue weighted by Gasteiger charge is -2.12. The average molecular weight is 557 g/mol. The van der Waals surface area contributed by atoms with Gasteiger partial charge in [0.05, 0.1) is 22.8 Å². The van der Waals surface area contributed by atoms with Gasteiger partial charge in [-0.15, -0.1) is 0 Å². The number of aromatic nitrogens is 3. The van der Waals surface area contributed by atoms with Gasteiger partial charge < -0.3 is 20.1 Å². The second-order valence-corrected chi connectivity index (χ2v) is 9.34. The minimum atomic E-state index is -0.0153. The van der Waals surface area contributed by atoms with Crippen LogP contribution in [0, 0.1) is 0 Å². The number of ether oxygens (including phenoxy) is 2. The van der Waals surface area contributed by atoms with Crippen LogP contribution in [0.4, 0.5) is 5.82 Å². The van der Waals surface area contributed by atoms with Crippen LogP contribution in [0.2, 0.25) is 5.02 Å². The number of benzene rings is 2. The lowest BCUT2D eigenvalue weighted by molar-refractivity contribution is -0.120. The molecule has 0 saturated heterocycles. The molecule has 0 saturated carbocycles. The monoisotopic (exact) mass is 555 g/mol. The minimum absolute atomic E-state index is 0.0153. The molecule has 1 amide bonds. The Balaban J connectivity index is 1.13. The number of carbonyl (C=O) groups is 1. The lowest BCUT2D eigenvalue weighted by Crippen LogP contribution is -2.26. The molecule has 0 fully saturated rings. The third-order valence-electron chi connectivity index (χ3n) is 5.61. The van der Waals surface area contributed by atoms with Crippen LogP contribution in [-0.4, -0.2) is 40.4 Å². The standard InChI is InChI=1S/C25H23BrClN5O3/c26-18-14-30-32-23(13-20(31-25(18)32)17-5-1-2-6-19(17)27)28-9-3-4-10-29-24(33)12-16-7-8-21-22(11-16)35-15-34-21/h1-2,5-8,11,13-14,28H,3-4,9-10,12,15H2,(H,29,33). The van der Waals surface area contributed by atoms with Crippen molar-refractivity contribution >= 4 is 44.9 Å². The predicted octanol–water partition coefficient (Wildman–Crippen LogP) is 5.09. The fourth-order valence-electron chi connectivity index (χ4n) is 3.86. The van der Waals surface area contributed by atoms with Gasteiger partial charge in [0, 0.05) is 29.7 Å². The molecule has 0 radical (unpaired) electrons. The van der Waals surface area contributed by atoms with Crippen LogP contribution < -0.4 is 20.1 Å². The molecule has 2 aromatic heterocycles. The number of fused-ring (bicyclic) bond motifs is 2. The lowest BCUT2D eigenvalue weighted by atomic mass is 10.1. The van der Waals surface area contributed by atoms with E-state index in [4.69, 9.17) is 26.1 Å². The van der Waals surface area contributed by atoms with Gasteiger partial charge in [0.1, 0.15) is 5.82 Å². The number of amides is 1. The molecule has 180 valence electrons. The highest BCUT2D eigenvalue weighted by Gasteiger charge is 2.15. The Morgan fingerprint density at radius 1 is 1.09 bits per heavy atom. The summed E-state index contributed by atoms with van der Waals surface area (Å²) in [5.41, 5.74) is 3.23. The van der Waals surface area contributed by atoms with Crippen molar-refractivity contribution in [1.29, 1.82) is 0 Å². The molecule has 0 atom stereocenters. The van der Waals surface area contributed by atoms with E-state index in [1.54, 1.807) is 10.7 Å². The molecule has 0 aliphatic carbocycles. The molecule has 5 rings (SSSR count). The van der Waals surface area contributed by atoms with Crippen molar-refractivity contribution in [3.8, 4) is 22.8 Å². The van der Waals surface area contributed by atoms with E-state index in [-0.39, 0.29) is 12.7 Å². The molecule has 3 heterocycles. The molecule has 2 N–H and O–H groups in total. The van der Waals surface area contributed by atoms with Crippen molar-refractivity contribution < 1.29 is 14.3 Å². The summed E-state index contributed by atoms with van der Waals surface area (Å²) in [6.45, 7) is 1.55. The average Bonchev–Trinajstić information content (AvgIpc) is 3.48. The first kappa shape index (κ1) is 23.4. The van der Waals surface area contributed by atoms with E-state index >= 15 is 0 Å². The molecular weight excluding hydrogens is 534 g/mol. The highest BCUT2D eigenvalue weighted by atomic mass is 79.9. The Kier molecular flexibility index (Phi) is 7.06. The number of nitrogens with zero attached hydrogens (tertiary/aromatic N) is 3. The van der Waals surface area contributed by atoms with E-state index in [0.717, 1.165) is 52.2 Å². The first-order valence-corrected chi connectivity index (χ1v) is 12.4. The summed E-state index contributed by atoms with van der Waals surface area (Å²) in [6.07, 6.45) is 3.74. The molecule has 10 heteroatoms. The molecule has 2 aromatic carbocycles. The zero-order valence-electron chi connectivity index (χ0n) is 18.8. The Bertz CT molecular complexity index is 1380. The Morgan fingerprint density at radius 2 is 1.91 bits per heavy atom. The number of halogens is 2. The highest BCUT2D eigenvalue weighted by molar-refractivity contribution is 9.10. The molecule has 0 spiro atoms. The normalized spacial score (nSPS) is 12.2. The third kappa shape index (κ3) is 5.36.